The van der Waals surface area contributed by atoms with E-state index in [-0.39, 0.29) is 5.95 Å². The molecule has 1 aromatic carbocycles. The summed E-state index contributed by atoms with van der Waals surface area (Å²) in [6, 6.07) is 7.48. The quantitative estimate of drug-likeness (QED) is 0.755. The molecule has 0 saturated heterocycles. The van der Waals surface area contributed by atoms with Crippen molar-refractivity contribution in [3.05, 3.63) is 47.2 Å². The smallest absolute Gasteiger partial charge is 0.221 e. The number of rotatable bonds is 2. The Morgan fingerprint density at radius 3 is 2.90 bits per heavy atom. The molecule has 20 heavy (non-hydrogen) atoms. The fraction of sp³-hybridized carbons (Fsp3) is 0.0714. The Labute approximate surface area is 120 Å². The lowest BCUT2D eigenvalue weighted by Gasteiger charge is -2.11. The van der Waals surface area contributed by atoms with Crippen LogP contribution >= 0.6 is 11.6 Å². The van der Waals surface area contributed by atoms with Crippen molar-refractivity contribution in [1.29, 1.82) is 0 Å². The maximum atomic E-state index is 6.18. The van der Waals surface area contributed by atoms with E-state index in [2.05, 4.69) is 20.3 Å². The van der Waals surface area contributed by atoms with E-state index < -0.39 is 0 Å². The van der Waals surface area contributed by atoms with E-state index in [0.29, 0.717) is 10.8 Å². The molecule has 0 spiro atoms. The first-order valence-electron chi connectivity index (χ1n) is 6.04. The molecule has 0 fully saturated rings. The van der Waals surface area contributed by atoms with Crippen molar-refractivity contribution in [3.8, 4) is 0 Å². The van der Waals surface area contributed by atoms with Gasteiger partial charge in [0.15, 0.2) is 0 Å². The van der Waals surface area contributed by atoms with E-state index >= 15 is 0 Å². The van der Waals surface area contributed by atoms with Crippen molar-refractivity contribution in [2.45, 2.75) is 6.92 Å². The fourth-order valence-corrected chi connectivity index (χ4v) is 2.16. The second kappa shape index (κ2) is 4.94. The number of nitrogens with zero attached hydrogens (tertiary/aromatic N) is 3. The van der Waals surface area contributed by atoms with Crippen LogP contribution in [0.15, 0.2) is 36.7 Å². The van der Waals surface area contributed by atoms with Gasteiger partial charge in [-0.25, -0.2) is 4.98 Å². The van der Waals surface area contributed by atoms with Crippen LogP contribution < -0.4 is 11.1 Å². The van der Waals surface area contributed by atoms with Crippen LogP contribution in [0.25, 0.3) is 10.9 Å². The number of fused-ring (bicyclic) bond motifs is 1. The zero-order valence-corrected chi connectivity index (χ0v) is 11.5. The standard InChI is InChI=1S/C14H12ClN5/c1-8-7-18-14(16)20-13(8)19-11-5-4-10(15)9-3-2-6-17-12(9)11/h2-7H,1H3,(H3,16,18,19,20). The number of anilines is 3. The second-order valence-electron chi connectivity index (χ2n) is 4.38. The van der Waals surface area contributed by atoms with Crippen molar-refractivity contribution in [3.63, 3.8) is 0 Å². The summed E-state index contributed by atoms with van der Waals surface area (Å²) in [6.45, 7) is 1.91. The van der Waals surface area contributed by atoms with E-state index in [4.69, 9.17) is 17.3 Å². The molecule has 0 aliphatic rings. The molecule has 0 aliphatic carbocycles. The number of hydrogen-bond acceptors (Lipinski definition) is 5. The molecule has 3 N–H and O–H groups in total. The number of halogens is 1. The summed E-state index contributed by atoms with van der Waals surface area (Å²) in [4.78, 5) is 12.5. The molecule has 0 aliphatic heterocycles. The first-order valence-corrected chi connectivity index (χ1v) is 6.42. The summed E-state index contributed by atoms with van der Waals surface area (Å²) in [5, 5.41) is 4.78. The molecule has 3 aromatic rings. The van der Waals surface area contributed by atoms with Crippen LogP contribution in [0.3, 0.4) is 0 Å². The molecule has 0 amide bonds. The van der Waals surface area contributed by atoms with Crippen LogP contribution in [0, 0.1) is 6.92 Å². The van der Waals surface area contributed by atoms with Gasteiger partial charge in [-0.05, 0) is 31.2 Å². The molecule has 2 heterocycles. The zero-order chi connectivity index (χ0) is 14.1. The largest absolute Gasteiger partial charge is 0.368 e. The number of pyridine rings is 1. The molecule has 0 bridgehead atoms. The maximum absolute atomic E-state index is 6.18. The van der Waals surface area contributed by atoms with Gasteiger partial charge >= 0.3 is 0 Å². The molecule has 0 atom stereocenters. The summed E-state index contributed by atoms with van der Waals surface area (Å²) in [5.74, 6) is 0.885. The number of nitrogen functional groups attached to an aromatic ring is 1. The first-order chi connectivity index (χ1) is 9.65. The molecule has 0 radical (unpaired) electrons. The average molecular weight is 286 g/mol. The van der Waals surface area contributed by atoms with Crippen LogP contribution in [0.2, 0.25) is 5.02 Å². The van der Waals surface area contributed by atoms with Crippen LogP contribution in [-0.4, -0.2) is 15.0 Å². The van der Waals surface area contributed by atoms with Crippen molar-refractivity contribution in [2.75, 3.05) is 11.1 Å². The number of aryl methyl sites for hydroxylation is 1. The van der Waals surface area contributed by atoms with Gasteiger partial charge in [0.2, 0.25) is 5.95 Å². The van der Waals surface area contributed by atoms with Crippen LogP contribution in [0.4, 0.5) is 17.5 Å². The molecule has 100 valence electrons. The average Bonchev–Trinajstić information content (AvgIpc) is 2.46. The topological polar surface area (TPSA) is 76.7 Å². The van der Waals surface area contributed by atoms with E-state index in [9.17, 15) is 0 Å². The summed E-state index contributed by atoms with van der Waals surface area (Å²) in [6.07, 6.45) is 3.40. The molecular weight excluding hydrogens is 274 g/mol. The van der Waals surface area contributed by atoms with Crippen LogP contribution in [-0.2, 0) is 0 Å². The van der Waals surface area contributed by atoms with Gasteiger partial charge in [0.25, 0.3) is 0 Å². The van der Waals surface area contributed by atoms with Crippen molar-refractivity contribution >= 4 is 40.0 Å². The predicted octanol–water partition coefficient (Wildman–Crippen LogP) is 3.31. The highest BCUT2D eigenvalue weighted by Crippen LogP contribution is 2.30. The number of aromatic nitrogens is 3. The van der Waals surface area contributed by atoms with E-state index in [1.54, 1.807) is 12.4 Å². The normalized spacial score (nSPS) is 10.7. The molecule has 2 aromatic heterocycles. The van der Waals surface area contributed by atoms with Crippen LogP contribution in [0.5, 0.6) is 0 Å². The summed E-state index contributed by atoms with van der Waals surface area (Å²) < 4.78 is 0. The summed E-state index contributed by atoms with van der Waals surface area (Å²) in [7, 11) is 0. The highest BCUT2D eigenvalue weighted by atomic mass is 35.5. The van der Waals surface area contributed by atoms with E-state index in [1.165, 1.54) is 0 Å². The Hall–Kier alpha value is -2.40. The van der Waals surface area contributed by atoms with Gasteiger partial charge in [-0.3, -0.25) is 4.98 Å². The Balaban J connectivity index is 2.11. The third kappa shape index (κ3) is 2.23. The Kier molecular flexibility index (Phi) is 3.12. The van der Waals surface area contributed by atoms with Gasteiger partial charge in [0.05, 0.1) is 16.2 Å². The number of nitrogens with one attached hydrogen (secondary N) is 1. The number of hydrogen-bond donors (Lipinski definition) is 2. The lowest BCUT2D eigenvalue weighted by molar-refractivity contribution is 1.15. The van der Waals surface area contributed by atoms with Crippen molar-refractivity contribution < 1.29 is 0 Å². The molecule has 0 saturated carbocycles. The van der Waals surface area contributed by atoms with Gasteiger partial charge in [-0.15, -0.1) is 0 Å². The molecular formula is C14H12ClN5. The van der Waals surface area contributed by atoms with Gasteiger partial charge in [0.1, 0.15) is 5.82 Å². The Bertz CT molecular complexity index is 788. The predicted molar refractivity (Wildman–Crippen MR) is 81.2 cm³/mol. The third-order valence-electron chi connectivity index (χ3n) is 2.96. The number of benzene rings is 1. The summed E-state index contributed by atoms with van der Waals surface area (Å²) >= 11 is 6.18. The lowest BCUT2D eigenvalue weighted by atomic mass is 10.2. The van der Waals surface area contributed by atoms with Crippen molar-refractivity contribution in [1.82, 2.24) is 15.0 Å². The van der Waals surface area contributed by atoms with Gasteiger partial charge < -0.3 is 11.1 Å². The third-order valence-corrected chi connectivity index (χ3v) is 3.29. The van der Waals surface area contributed by atoms with E-state index in [1.807, 2.05) is 31.2 Å². The molecule has 0 unspecified atom stereocenters. The van der Waals surface area contributed by atoms with E-state index in [0.717, 1.165) is 22.2 Å². The minimum absolute atomic E-state index is 0.226. The molecule has 5 nitrogen and oxygen atoms in total. The zero-order valence-electron chi connectivity index (χ0n) is 10.8. The highest BCUT2D eigenvalue weighted by Gasteiger charge is 2.08. The SMILES string of the molecule is Cc1cnc(N)nc1Nc1ccc(Cl)c2cccnc12. The van der Waals surface area contributed by atoms with Gasteiger partial charge in [-0.1, -0.05) is 11.6 Å². The molecule has 6 heteroatoms. The van der Waals surface area contributed by atoms with Gasteiger partial charge in [0, 0.05) is 23.3 Å². The summed E-state index contributed by atoms with van der Waals surface area (Å²) in [5.41, 5.74) is 8.13. The second-order valence-corrected chi connectivity index (χ2v) is 4.79. The lowest BCUT2D eigenvalue weighted by Crippen LogP contribution is -2.02. The number of nitrogens with two attached hydrogens (primary N) is 1. The highest BCUT2D eigenvalue weighted by molar-refractivity contribution is 6.35. The minimum Gasteiger partial charge on any atom is -0.368 e. The van der Waals surface area contributed by atoms with Crippen molar-refractivity contribution in [2.24, 2.45) is 0 Å². The van der Waals surface area contributed by atoms with Gasteiger partial charge in [-0.2, -0.15) is 4.98 Å². The first kappa shape index (κ1) is 12.6. The fourth-order valence-electron chi connectivity index (χ4n) is 1.95. The Morgan fingerprint density at radius 1 is 1.20 bits per heavy atom. The minimum atomic E-state index is 0.226. The van der Waals surface area contributed by atoms with Crippen LogP contribution in [0.1, 0.15) is 5.56 Å². The maximum Gasteiger partial charge on any atom is 0.221 e. The monoisotopic (exact) mass is 285 g/mol. The molecule has 3 rings (SSSR count). The Morgan fingerprint density at radius 2 is 2.05 bits per heavy atom.